The summed E-state index contributed by atoms with van der Waals surface area (Å²) in [6, 6.07) is 0. The highest BCUT2D eigenvalue weighted by molar-refractivity contribution is 4.80. The lowest BCUT2D eigenvalue weighted by Crippen LogP contribution is -2.43. The zero-order valence-electron chi connectivity index (χ0n) is 10.9. The lowest BCUT2D eigenvalue weighted by molar-refractivity contribution is 0.0684. The number of hydrogen-bond acceptors (Lipinski definition) is 4. The van der Waals surface area contributed by atoms with Crippen LogP contribution in [0.1, 0.15) is 33.1 Å². The summed E-state index contributed by atoms with van der Waals surface area (Å²) in [5, 5.41) is 12.4. The quantitative estimate of drug-likeness (QED) is 0.526. The van der Waals surface area contributed by atoms with E-state index in [0.717, 1.165) is 32.4 Å². The second kappa shape index (κ2) is 10.0. The van der Waals surface area contributed by atoms with E-state index in [1.165, 1.54) is 0 Å². The van der Waals surface area contributed by atoms with E-state index in [9.17, 15) is 0 Å². The molecule has 1 atom stereocenters. The fourth-order valence-corrected chi connectivity index (χ4v) is 1.45. The predicted octanol–water partition coefficient (Wildman–Crippen LogP) is 1.18. The zero-order valence-corrected chi connectivity index (χ0v) is 10.9. The first-order valence-electron chi connectivity index (χ1n) is 6.11. The molecule has 4 heteroatoms. The molecule has 0 saturated heterocycles. The van der Waals surface area contributed by atoms with Crippen LogP contribution in [0.2, 0.25) is 0 Å². The molecule has 0 saturated carbocycles. The van der Waals surface area contributed by atoms with Gasteiger partial charge >= 0.3 is 0 Å². The Morgan fingerprint density at radius 1 is 1.25 bits per heavy atom. The summed E-state index contributed by atoms with van der Waals surface area (Å²) in [7, 11) is 1.67. The van der Waals surface area contributed by atoms with Gasteiger partial charge < -0.3 is 19.9 Å². The van der Waals surface area contributed by atoms with Crippen LogP contribution in [0.25, 0.3) is 0 Å². The summed E-state index contributed by atoms with van der Waals surface area (Å²) in [5.41, 5.74) is 0.0568. The van der Waals surface area contributed by atoms with Gasteiger partial charge in [0.1, 0.15) is 0 Å². The monoisotopic (exact) mass is 233 g/mol. The second-order valence-corrected chi connectivity index (χ2v) is 4.27. The molecular formula is C12H27NO3. The van der Waals surface area contributed by atoms with E-state index in [4.69, 9.17) is 14.6 Å². The van der Waals surface area contributed by atoms with Gasteiger partial charge in [0.2, 0.25) is 0 Å². The maximum atomic E-state index is 8.95. The molecule has 16 heavy (non-hydrogen) atoms. The van der Waals surface area contributed by atoms with E-state index in [1.807, 2.05) is 0 Å². The van der Waals surface area contributed by atoms with Crippen molar-refractivity contribution in [2.45, 2.75) is 38.6 Å². The number of aliphatic hydroxyl groups excluding tert-OH is 1. The molecule has 0 amide bonds. The van der Waals surface area contributed by atoms with Gasteiger partial charge in [0.15, 0.2) is 0 Å². The molecular weight excluding hydrogens is 206 g/mol. The van der Waals surface area contributed by atoms with E-state index < -0.39 is 0 Å². The molecule has 0 aromatic heterocycles. The summed E-state index contributed by atoms with van der Waals surface area (Å²) in [6.07, 6.45) is 2.82. The maximum Gasteiger partial charge on any atom is 0.0700 e. The number of nitrogens with one attached hydrogen (secondary N) is 1. The molecule has 0 spiro atoms. The minimum Gasteiger partial charge on any atom is -0.396 e. The van der Waals surface area contributed by atoms with Crippen molar-refractivity contribution in [3.63, 3.8) is 0 Å². The van der Waals surface area contributed by atoms with Crippen LogP contribution in [-0.2, 0) is 9.47 Å². The SMILES string of the molecule is CCC(C)(CCO)NCCCOCCOC. The predicted molar refractivity (Wildman–Crippen MR) is 65.7 cm³/mol. The highest BCUT2D eigenvalue weighted by Crippen LogP contribution is 2.13. The molecule has 2 N–H and O–H groups in total. The highest BCUT2D eigenvalue weighted by Gasteiger charge is 2.19. The second-order valence-electron chi connectivity index (χ2n) is 4.27. The number of methoxy groups -OCH3 is 1. The van der Waals surface area contributed by atoms with Crippen LogP contribution in [0.5, 0.6) is 0 Å². The average Bonchev–Trinajstić information content (AvgIpc) is 2.28. The number of aliphatic hydroxyl groups is 1. The zero-order chi connectivity index (χ0) is 12.3. The molecule has 0 aliphatic carbocycles. The van der Waals surface area contributed by atoms with Gasteiger partial charge in [-0.2, -0.15) is 0 Å². The summed E-state index contributed by atoms with van der Waals surface area (Å²) in [4.78, 5) is 0. The van der Waals surface area contributed by atoms with E-state index in [0.29, 0.717) is 13.2 Å². The third-order valence-corrected chi connectivity index (χ3v) is 2.89. The van der Waals surface area contributed by atoms with Crippen LogP contribution < -0.4 is 5.32 Å². The first-order chi connectivity index (χ1) is 7.68. The average molecular weight is 233 g/mol. The standard InChI is InChI=1S/C12H27NO3/c1-4-12(2,6-8-14)13-7-5-9-16-11-10-15-3/h13-14H,4-11H2,1-3H3. The first-order valence-corrected chi connectivity index (χ1v) is 6.11. The Kier molecular flexibility index (Phi) is 9.92. The van der Waals surface area contributed by atoms with E-state index in [2.05, 4.69) is 19.2 Å². The summed E-state index contributed by atoms with van der Waals surface area (Å²) < 4.78 is 10.3. The van der Waals surface area contributed by atoms with Crippen molar-refractivity contribution in [2.24, 2.45) is 0 Å². The molecule has 0 bridgehead atoms. The molecule has 0 radical (unpaired) electrons. The molecule has 0 aliphatic rings. The van der Waals surface area contributed by atoms with E-state index in [-0.39, 0.29) is 12.1 Å². The molecule has 0 aromatic carbocycles. The van der Waals surface area contributed by atoms with Crippen LogP contribution in [0.3, 0.4) is 0 Å². The fraction of sp³-hybridized carbons (Fsp3) is 1.00. The van der Waals surface area contributed by atoms with Gasteiger partial charge in [-0.25, -0.2) is 0 Å². The summed E-state index contributed by atoms with van der Waals surface area (Å²) in [5.74, 6) is 0. The Hall–Kier alpha value is -0.160. The lowest BCUT2D eigenvalue weighted by atomic mass is 9.95. The molecule has 4 nitrogen and oxygen atoms in total. The molecule has 1 unspecified atom stereocenters. The molecule has 0 heterocycles. The smallest absolute Gasteiger partial charge is 0.0700 e. The Labute approximate surface area is 99.3 Å². The molecule has 0 aliphatic heterocycles. The summed E-state index contributed by atoms with van der Waals surface area (Å²) >= 11 is 0. The van der Waals surface area contributed by atoms with E-state index in [1.54, 1.807) is 7.11 Å². The topological polar surface area (TPSA) is 50.7 Å². The van der Waals surface area contributed by atoms with Crippen LogP contribution >= 0.6 is 0 Å². The van der Waals surface area contributed by atoms with Crippen LogP contribution in [-0.4, -0.2) is 50.7 Å². The fourth-order valence-electron chi connectivity index (χ4n) is 1.45. The van der Waals surface area contributed by atoms with Crippen LogP contribution in [0.15, 0.2) is 0 Å². The van der Waals surface area contributed by atoms with Gasteiger partial charge in [0.25, 0.3) is 0 Å². The van der Waals surface area contributed by atoms with Gasteiger partial charge in [-0.05, 0) is 32.7 Å². The first kappa shape index (κ1) is 15.8. The lowest BCUT2D eigenvalue weighted by Gasteiger charge is -2.29. The Balaban J connectivity index is 3.41. The number of ether oxygens (including phenoxy) is 2. The van der Waals surface area contributed by atoms with Crippen molar-refractivity contribution in [1.82, 2.24) is 5.32 Å². The van der Waals surface area contributed by atoms with Crippen molar-refractivity contribution in [2.75, 3.05) is 40.1 Å². The molecule has 98 valence electrons. The third kappa shape index (κ3) is 8.05. The van der Waals surface area contributed by atoms with Crippen molar-refractivity contribution in [3.05, 3.63) is 0 Å². The van der Waals surface area contributed by atoms with Crippen molar-refractivity contribution in [1.29, 1.82) is 0 Å². The number of hydrogen-bond donors (Lipinski definition) is 2. The Bertz CT molecular complexity index is 155. The number of rotatable bonds is 11. The van der Waals surface area contributed by atoms with Gasteiger partial charge in [0.05, 0.1) is 13.2 Å². The normalized spacial score (nSPS) is 15.0. The maximum absolute atomic E-state index is 8.95. The van der Waals surface area contributed by atoms with Crippen molar-refractivity contribution < 1.29 is 14.6 Å². The highest BCUT2D eigenvalue weighted by atomic mass is 16.5. The summed E-state index contributed by atoms with van der Waals surface area (Å²) in [6.45, 7) is 7.53. The van der Waals surface area contributed by atoms with Crippen molar-refractivity contribution in [3.8, 4) is 0 Å². The molecule has 0 fully saturated rings. The van der Waals surface area contributed by atoms with Gasteiger partial charge in [-0.1, -0.05) is 6.92 Å². The van der Waals surface area contributed by atoms with Crippen LogP contribution in [0.4, 0.5) is 0 Å². The Morgan fingerprint density at radius 3 is 2.56 bits per heavy atom. The molecule has 0 rings (SSSR count). The minimum absolute atomic E-state index is 0.0568. The molecule has 0 aromatic rings. The van der Waals surface area contributed by atoms with Crippen LogP contribution in [0, 0.1) is 0 Å². The largest absolute Gasteiger partial charge is 0.396 e. The Morgan fingerprint density at radius 2 is 2.00 bits per heavy atom. The minimum atomic E-state index is 0.0568. The van der Waals surface area contributed by atoms with Crippen molar-refractivity contribution >= 4 is 0 Å². The van der Waals surface area contributed by atoms with Gasteiger partial charge in [-0.3, -0.25) is 0 Å². The van der Waals surface area contributed by atoms with Gasteiger partial charge in [-0.15, -0.1) is 0 Å². The van der Waals surface area contributed by atoms with Gasteiger partial charge in [0, 0.05) is 25.9 Å². The third-order valence-electron chi connectivity index (χ3n) is 2.89. The van der Waals surface area contributed by atoms with E-state index >= 15 is 0 Å².